The lowest BCUT2D eigenvalue weighted by atomic mass is 10.1. The molecule has 1 N–H and O–H groups in total. The zero-order valence-electron chi connectivity index (χ0n) is 12.3. The highest BCUT2D eigenvalue weighted by molar-refractivity contribution is 6.51. The van der Waals surface area contributed by atoms with Crippen LogP contribution in [0.3, 0.4) is 0 Å². The van der Waals surface area contributed by atoms with Crippen molar-refractivity contribution in [3.8, 4) is 11.8 Å². The first-order chi connectivity index (χ1) is 11.8. The van der Waals surface area contributed by atoms with Gasteiger partial charge < -0.3 is 4.74 Å². The number of hydrogen-bond acceptors (Lipinski definition) is 5. The standard InChI is InChI=1S/C16H9ClF3N3O2/c17-11-3-5-12(6-4-11)22-23-14(9-21)15(24)10-1-7-13(8-2-10)25-16(18,19)20/h1-8,22H. The van der Waals surface area contributed by atoms with E-state index in [0.717, 1.165) is 24.3 Å². The smallest absolute Gasteiger partial charge is 0.406 e. The quantitative estimate of drug-likeness (QED) is 0.482. The van der Waals surface area contributed by atoms with Gasteiger partial charge in [-0.1, -0.05) is 11.6 Å². The summed E-state index contributed by atoms with van der Waals surface area (Å²) in [6.45, 7) is 0. The fraction of sp³-hybridized carbons (Fsp3) is 0.0625. The zero-order valence-corrected chi connectivity index (χ0v) is 13.1. The lowest BCUT2D eigenvalue weighted by molar-refractivity contribution is -0.274. The van der Waals surface area contributed by atoms with Crippen molar-refractivity contribution in [2.45, 2.75) is 6.36 Å². The molecule has 0 amide bonds. The molecule has 5 nitrogen and oxygen atoms in total. The van der Waals surface area contributed by atoms with E-state index in [4.69, 9.17) is 16.9 Å². The molecule has 0 saturated carbocycles. The lowest BCUT2D eigenvalue weighted by Gasteiger charge is -2.08. The predicted octanol–water partition coefficient (Wildman–Crippen LogP) is 4.41. The summed E-state index contributed by atoms with van der Waals surface area (Å²) in [6.07, 6.45) is -4.83. The highest BCUT2D eigenvalue weighted by Gasteiger charge is 2.31. The normalized spacial score (nSPS) is 11.6. The lowest BCUT2D eigenvalue weighted by Crippen LogP contribution is -2.17. The molecule has 0 bridgehead atoms. The van der Waals surface area contributed by atoms with Crippen LogP contribution >= 0.6 is 11.6 Å². The topological polar surface area (TPSA) is 74.5 Å². The van der Waals surface area contributed by atoms with Gasteiger partial charge >= 0.3 is 6.36 Å². The van der Waals surface area contributed by atoms with Crippen LogP contribution in [0.25, 0.3) is 0 Å². The molecule has 0 saturated heterocycles. The van der Waals surface area contributed by atoms with Crippen molar-refractivity contribution in [1.82, 2.24) is 0 Å². The Balaban J connectivity index is 2.12. The van der Waals surface area contributed by atoms with Gasteiger partial charge in [0.05, 0.1) is 5.69 Å². The molecule has 0 spiro atoms. The Morgan fingerprint density at radius 2 is 1.72 bits per heavy atom. The summed E-state index contributed by atoms with van der Waals surface area (Å²) in [5.41, 5.74) is 2.56. The monoisotopic (exact) mass is 367 g/mol. The number of rotatable bonds is 5. The van der Waals surface area contributed by atoms with Crippen LogP contribution in [0.5, 0.6) is 5.75 Å². The summed E-state index contributed by atoms with van der Waals surface area (Å²) in [7, 11) is 0. The molecular weight excluding hydrogens is 359 g/mol. The number of nitrogens with one attached hydrogen (secondary N) is 1. The molecule has 2 rings (SSSR count). The van der Waals surface area contributed by atoms with Crippen LogP contribution in [-0.2, 0) is 0 Å². The number of anilines is 1. The van der Waals surface area contributed by atoms with E-state index in [1.807, 2.05) is 0 Å². The number of Topliss-reactive ketones (excluding diaryl/α,β-unsaturated/α-hetero) is 1. The first-order valence-corrected chi connectivity index (χ1v) is 7.06. The maximum Gasteiger partial charge on any atom is 0.573 e. The Labute approximate surface area is 145 Å². The molecular formula is C16H9ClF3N3O2. The SMILES string of the molecule is N#CC(=NNc1ccc(Cl)cc1)C(=O)c1ccc(OC(F)(F)F)cc1. The highest BCUT2D eigenvalue weighted by Crippen LogP contribution is 2.23. The van der Waals surface area contributed by atoms with E-state index < -0.39 is 23.6 Å². The minimum absolute atomic E-state index is 0.00673. The molecule has 0 radical (unpaired) electrons. The maximum atomic E-state index is 12.2. The number of carbonyl (C=O) groups is 1. The second-order valence-corrected chi connectivity index (χ2v) is 5.03. The summed E-state index contributed by atoms with van der Waals surface area (Å²) < 4.78 is 40.0. The first-order valence-electron chi connectivity index (χ1n) is 6.68. The number of nitrogens with zero attached hydrogens (tertiary/aromatic N) is 2. The molecule has 128 valence electrons. The zero-order chi connectivity index (χ0) is 18.4. The van der Waals surface area contributed by atoms with Gasteiger partial charge in [0.25, 0.3) is 0 Å². The molecule has 2 aromatic carbocycles. The maximum absolute atomic E-state index is 12.2. The molecule has 0 aliphatic rings. The number of ketones is 1. The Bertz CT molecular complexity index is 826. The molecule has 0 aliphatic carbocycles. The van der Waals surface area contributed by atoms with E-state index in [0.29, 0.717) is 10.7 Å². The van der Waals surface area contributed by atoms with Crippen molar-refractivity contribution in [2.24, 2.45) is 5.10 Å². The van der Waals surface area contributed by atoms with E-state index in [-0.39, 0.29) is 5.56 Å². The van der Waals surface area contributed by atoms with Crippen LogP contribution in [0, 0.1) is 11.3 Å². The minimum atomic E-state index is -4.83. The van der Waals surface area contributed by atoms with Gasteiger partial charge in [-0.2, -0.15) is 10.4 Å². The largest absolute Gasteiger partial charge is 0.573 e. The number of benzene rings is 2. The molecule has 0 aromatic heterocycles. The molecule has 9 heteroatoms. The van der Waals surface area contributed by atoms with E-state index in [1.54, 1.807) is 30.3 Å². The number of carbonyl (C=O) groups excluding carboxylic acids is 1. The van der Waals surface area contributed by atoms with E-state index in [2.05, 4.69) is 15.3 Å². The van der Waals surface area contributed by atoms with E-state index in [1.165, 1.54) is 0 Å². The molecule has 0 unspecified atom stereocenters. The summed E-state index contributed by atoms with van der Waals surface area (Å²) >= 11 is 5.73. The molecule has 0 aliphatic heterocycles. The van der Waals surface area contributed by atoms with Crippen molar-refractivity contribution in [1.29, 1.82) is 5.26 Å². The Kier molecular flexibility index (Phi) is 5.62. The molecule has 0 atom stereocenters. The van der Waals surface area contributed by atoms with Crippen molar-refractivity contribution >= 4 is 28.8 Å². The van der Waals surface area contributed by atoms with Crippen molar-refractivity contribution in [3.63, 3.8) is 0 Å². The Hall–Kier alpha value is -3.05. The number of ether oxygens (including phenoxy) is 1. The fourth-order valence-electron chi connectivity index (χ4n) is 1.72. The summed E-state index contributed by atoms with van der Waals surface area (Å²) in [5, 5.41) is 13.3. The van der Waals surface area contributed by atoms with E-state index in [9.17, 15) is 18.0 Å². The second kappa shape index (κ2) is 7.68. The number of hydrogen-bond donors (Lipinski definition) is 1. The van der Waals surface area contributed by atoms with Gasteiger partial charge in [-0.15, -0.1) is 13.2 Å². The van der Waals surface area contributed by atoms with Gasteiger partial charge in [0.1, 0.15) is 11.8 Å². The van der Waals surface area contributed by atoms with Crippen LogP contribution < -0.4 is 10.2 Å². The number of hydrazone groups is 1. The average Bonchev–Trinajstić information content (AvgIpc) is 2.56. The number of halogens is 4. The van der Waals surface area contributed by atoms with Crippen molar-refractivity contribution in [3.05, 3.63) is 59.1 Å². The summed E-state index contributed by atoms with van der Waals surface area (Å²) in [6, 6.07) is 12.2. The second-order valence-electron chi connectivity index (χ2n) is 4.59. The van der Waals surface area contributed by atoms with Crippen molar-refractivity contribution in [2.75, 3.05) is 5.43 Å². The van der Waals surface area contributed by atoms with Crippen LogP contribution in [0.15, 0.2) is 53.6 Å². The summed E-state index contributed by atoms with van der Waals surface area (Å²) in [5.74, 6) is -1.22. The number of nitriles is 1. The summed E-state index contributed by atoms with van der Waals surface area (Å²) in [4.78, 5) is 12.2. The molecule has 25 heavy (non-hydrogen) atoms. The third kappa shape index (κ3) is 5.51. The molecule has 0 fully saturated rings. The third-order valence-corrected chi connectivity index (χ3v) is 3.06. The Morgan fingerprint density at radius 3 is 2.24 bits per heavy atom. The minimum Gasteiger partial charge on any atom is -0.406 e. The predicted molar refractivity (Wildman–Crippen MR) is 85.6 cm³/mol. The van der Waals surface area contributed by atoms with Crippen LogP contribution in [-0.4, -0.2) is 17.9 Å². The molecule has 2 aromatic rings. The molecule has 0 heterocycles. The van der Waals surface area contributed by atoms with Crippen molar-refractivity contribution < 1.29 is 22.7 Å². The van der Waals surface area contributed by atoms with Gasteiger partial charge in [-0.25, -0.2) is 0 Å². The number of alkyl halides is 3. The van der Waals surface area contributed by atoms with Gasteiger partial charge in [-0.05, 0) is 48.5 Å². The van der Waals surface area contributed by atoms with Gasteiger partial charge in [0, 0.05) is 10.6 Å². The fourth-order valence-corrected chi connectivity index (χ4v) is 1.84. The van der Waals surface area contributed by atoms with Gasteiger partial charge in [0.15, 0.2) is 0 Å². The third-order valence-electron chi connectivity index (χ3n) is 2.81. The average molecular weight is 368 g/mol. The van der Waals surface area contributed by atoms with E-state index >= 15 is 0 Å². The van der Waals surface area contributed by atoms with Gasteiger partial charge in [0.2, 0.25) is 11.5 Å². The van der Waals surface area contributed by atoms with Crippen LogP contribution in [0.2, 0.25) is 5.02 Å². The Morgan fingerprint density at radius 1 is 1.12 bits per heavy atom. The first kappa shape index (κ1) is 18.3. The van der Waals surface area contributed by atoms with Gasteiger partial charge in [-0.3, -0.25) is 10.2 Å². The highest BCUT2D eigenvalue weighted by atomic mass is 35.5. The van der Waals surface area contributed by atoms with Crippen LogP contribution in [0.1, 0.15) is 10.4 Å². The van der Waals surface area contributed by atoms with Crippen LogP contribution in [0.4, 0.5) is 18.9 Å².